The molecule has 1 N–H and O–H groups in total. The summed E-state index contributed by atoms with van der Waals surface area (Å²) in [5.41, 5.74) is -0.368. The van der Waals surface area contributed by atoms with E-state index in [-0.39, 0.29) is 18.9 Å². The van der Waals surface area contributed by atoms with E-state index in [1.807, 2.05) is 12.1 Å². The fraction of sp³-hybridized carbons (Fsp3) is 0.600. The van der Waals surface area contributed by atoms with Crippen molar-refractivity contribution in [3.05, 3.63) is 33.8 Å². The van der Waals surface area contributed by atoms with Crippen LogP contribution in [0.2, 0.25) is 10.0 Å². The third-order valence-electron chi connectivity index (χ3n) is 4.99. The summed E-state index contributed by atoms with van der Waals surface area (Å²) in [6.45, 7) is 0. The molecular weight excluding hydrogens is 391 g/mol. The third-order valence-corrected chi connectivity index (χ3v) is 5.58. The Morgan fingerprint density at radius 2 is 2.07 bits per heavy atom. The van der Waals surface area contributed by atoms with Crippen molar-refractivity contribution in [1.29, 1.82) is 0 Å². The van der Waals surface area contributed by atoms with Gasteiger partial charge in [-0.25, -0.2) is 0 Å². The van der Waals surface area contributed by atoms with Crippen molar-refractivity contribution in [2.24, 2.45) is 0 Å². The lowest BCUT2D eigenvalue weighted by Crippen LogP contribution is -2.41. The molecule has 0 aliphatic carbocycles. The van der Waals surface area contributed by atoms with Crippen LogP contribution in [0, 0.1) is 0 Å². The molecule has 3 unspecified atom stereocenters. The van der Waals surface area contributed by atoms with Crippen molar-refractivity contribution >= 4 is 35.5 Å². The summed E-state index contributed by atoms with van der Waals surface area (Å²) in [4.78, 5) is 22.6. The maximum absolute atomic E-state index is 11.5. The Morgan fingerprint density at radius 3 is 2.74 bits per heavy atom. The van der Waals surface area contributed by atoms with E-state index >= 15 is 0 Å². The predicted molar refractivity (Wildman–Crippen MR) is 104 cm³/mol. The van der Waals surface area contributed by atoms with Crippen molar-refractivity contribution in [3.8, 4) is 0 Å². The summed E-state index contributed by atoms with van der Waals surface area (Å²) in [5, 5.41) is 11.9. The first-order valence-electron chi connectivity index (χ1n) is 9.22. The first-order valence-corrected chi connectivity index (χ1v) is 9.97. The first-order chi connectivity index (χ1) is 12.9. The number of hydrogen-bond acceptors (Lipinski definition) is 5. The Kier molecular flexibility index (Phi) is 8.55. The number of ether oxygens (including phenoxy) is 2. The van der Waals surface area contributed by atoms with Crippen LogP contribution >= 0.6 is 23.2 Å². The molecule has 1 aliphatic rings. The zero-order chi connectivity index (χ0) is 19.9. The summed E-state index contributed by atoms with van der Waals surface area (Å²) >= 11 is 12.1. The number of aliphatic hydroxyl groups is 1. The molecule has 1 aliphatic heterocycles. The quantitative estimate of drug-likeness (QED) is 0.352. The largest absolute Gasteiger partial charge is 0.469 e. The van der Waals surface area contributed by atoms with Gasteiger partial charge in [0.25, 0.3) is 0 Å². The number of hydrogen-bond donors (Lipinski definition) is 1. The van der Waals surface area contributed by atoms with Crippen LogP contribution in [0.25, 0.3) is 0 Å². The fourth-order valence-electron chi connectivity index (χ4n) is 3.48. The van der Waals surface area contributed by atoms with Gasteiger partial charge in [-0.05, 0) is 37.0 Å². The highest BCUT2D eigenvalue weighted by atomic mass is 35.5. The van der Waals surface area contributed by atoms with Crippen molar-refractivity contribution in [2.75, 3.05) is 7.11 Å². The van der Waals surface area contributed by atoms with E-state index in [1.165, 1.54) is 7.11 Å². The van der Waals surface area contributed by atoms with Crippen molar-refractivity contribution < 1.29 is 24.2 Å². The van der Waals surface area contributed by atoms with Crippen molar-refractivity contribution in [3.63, 3.8) is 0 Å². The molecule has 1 aromatic rings. The Morgan fingerprint density at radius 1 is 1.33 bits per heavy atom. The molecule has 1 heterocycles. The van der Waals surface area contributed by atoms with Gasteiger partial charge in [0.15, 0.2) is 6.29 Å². The molecule has 1 fully saturated rings. The van der Waals surface area contributed by atoms with Gasteiger partial charge in [-0.2, -0.15) is 0 Å². The molecule has 150 valence electrons. The van der Waals surface area contributed by atoms with Gasteiger partial charge in [-0.1, -0.05) is 48.5 Å². The number of carbonyl (C=O) groups is 2. The molecule has 2 rings (SSSR count). The monoisotopic (exact) mass is 416 g/mol. The van der Waals surface area contributed by atoms with Gasteiger partial charge in [0, 0.05) is 16.5 Å². The van der Waals surface area contributed by atoms with Crippen LogP contribution in [0.15, 0.2) is 18.2 Å². The maximum Gasteiger partial charge on any atom is 0.308 e. The number of methoxy groups -OCH3 is 1. The van der Waals surface area contributed by atoms with Gasteiger partial charge in [-0.3, -0.25) is 4.79 Å². The van der Waals surface area contributed by atoms with E-state index in [2.05, 4.69) is 4.74 Å². The lowest BCUT2D eigenvalue weighted by atomic mass is 9.89. The van der Waals surface area contributed by atoms with Crippen LogP contribution in [0.5, 0.6) is 0 Å². The Labute approximate surface area is 169 Å². The van der Waals surface area contributed by atoms with E-state index in [4.69, 9.17) is 27.9 Å². The molecule has 27 heavy (non-hydrogen) atoms. The normalized spacial score (nSPS) is 24.7. The van der Waals surface area contributed by atoms with E-state index < -0.39 is 17.7 Å². The molecule has 0 radical (unpaired) electrons. The second-order valence-electron chi connectivity index (χ2n) is 7.06. The van der Waals surface area contributed by atoms with Crippen molar-refractivity contribution in [1.82, 2.24) is 0 Å². The lowest BCUT2D eigenvalue weighted by molar-refractivity contribution is -0.149. The number of aldehydes is 1. The third kappa shape index (κ3) is 6.46. The first kappa shape index (κ1) is 22.2. The predicted octanol–water partition coefficient (Wildman–Crippen LogP) is 4.14. The highest BCUT2D eigenvalue weighted by molar-refractivity contribution is 6.35. The summed E-state index contributed by atoms with van der Waals surface area (Å²) < 4.78 is 10.2. The van der Waals surface area contributed by atoms with Crippen molar-refractivity contribution in [2.45, 2.75) is 69.2 Å². The SMILES string of the molecule is COC(=O)CC1(O)CC(CCCCCCc2ccc(Cl)cc2Cl)OC1C=O. The van der Waals surface area contributed by atoms with Crippen LogP contribution in [-0.2, 0) is 25.5 Å². The summed E-state index contributed by atoms with van der Waals surface area (Å²) in [6.07, 6.45) is 5.08. The lowest BCUT2D eigenvalue weighted by Gasteiger charge is -2.23. The average molecular weight is 417 g/mol. The molecule has 5 nitrogen and oxygen atoms in total. The van der Waals surface area contributed by atoms with Gasteiger partial charge in [0.1, 0.15) is 11.7 Å². The minimum atomic E-state index is -1.47. The topological polar surface area (TPSA) is 72.8 Å². The number of halogens is 2. The summed E-state index contributed by atoms with van der Waals surface area (Å²) in [6, 6.07) is 5.56. The highest BCUT2D eigenvalue weighted by Gasteiger charge is 2.48. The molecule has 1 aromatic carbocycles. The van der Waals surface area contributed by atoms with Crippen LogP contribution in [0.1, 0.15) is 50.5 Å². The number of unbranched alkanes of at least 4 members (excludes halogenated alkanes) is 3. The van der Waals surface area contributed by atoms with Crippen LogP contribution < -0.4 is 0 Å². The second kappa shape index (κ2) is 10.4. The zero-order valence-corrected chi connectivity index (χ0v) is 17.0. The average Bonchev–Trinajstić information content (AvgIpc) is 2.94. The second-order valence-corrected chi connectivity index (χ2v) is 7.91. The fourth-order valence-corrected chi connectivity index (χ4v) is 3.98. The number of rotatable bonds is 10. The number of benzene rings is 1. The zero-order valence-electron chi connectivity index (χ0n) is 15.5. The molecule has 0 saturated carbocycles. The molecular formula is C20H26Cl2O5. The molecule has 0 spiro atoms. The molecule has 1 saturated heterocycles. The van der Waals surface area contributed by atoms with E-state index in [9.17, 15) is 14.7 Å². The van der Waals surface area contributed by atoms with Crippen LogP contribution in [-0.4, -0.2) is 42.3 Å². The Balaban J connectivity index is 1.68. The van der Waals surface area contributed by atoms with Gasteiger partial charge in [0.05, 0.1) is 19.6 Å². The molecule has 0 amide bonds. The minimum Gasteiger partial charge on any atom is -0.469 e. The Bertz CT molecular complexity index is 651. The van der Waals surface area contributed by atoms with Gasteiger partial charge in [-0.15, -0.1) is 0 Å². The highest BCUT2D eigenvalue weighted by Crippen LogP contribution is 2.35. The summed E-state index contributed by atoms with van der Waals surface area (Å²) in [5.74, 6) is -0.547. The van der Waals surface area contributed by atoms with Crippen LogP contribution in [0.3, 0.4) is 0 Å². The summed E-state index contributed by atoms with van der Waals surface area (Å²) in [7, 11) is 1.26. The van der Waals surface area contributed by atoms with Gasteiger partial charge in [0.2, 0.25) is 0 Å². The minimum absolute atomic E-state index is 0.222. The smallest absolute Gasteiger partial charge is 0.308 e. The van der Waals surface area contributed by atoms with Gasteiger partial charge >= 0.3 is 5.97 Å². The standard InChI is InChI=1S/C20H26Cl2O5/c1-26-19(24)12-20(25)11-16(27-18(20)13-23)7-5-3-2-4-6-14-8-9-15(21)10-17(14)22/h8-10,13,16,18,25H,2-7,11-12H2,1H3. The van der Waals surface area contributed by atoms with Crippen LogP contribution in [0.4, 0.5) is 0 Å². The number of esters is 1. The van der Waals surface area contributed by atoms with E-state index in [0.717, 1.165) is 44.1 Å². The maximum atomic E-state index is 11.5. The molecule has 0 bridgehead atoms. The van der Waals surface area contributed by atoms with Gasteiger partial charge < -0.3 is 19.4 Å². The van der Waals surface area contributed by atoms with E-state index in [0.29, 0.717) is 16.3 Å². The molecule has 7 heteroatoms. The molecule has 3 atom stereocenters. The number of aryl methyl sites for hydroxylation is 1. The number of carbonyl (C=O) groups excluding carboxylic acids is 2. The molecule has 0 aromatic heterocycles. The van der Waals surface area contributed by atoms with E-state index in [1.54, 1.807) is 6.07 Å². The Hall–Kier alpha value is -1.14.